The van der Waals surface area contributed by atoms with Crippen LogP contribution in [0.25, 0.3) is 0 Å². The fraction of sp³-hybridized carbons (Fsp3) is 0.412. The SMILES string of the molecule is Cl.NC(C(=O)Nc1ncc(Cc2cccc(Cl)c2)s1)C1CCOCC1. The molecule has 0 radical (unpaired) electrons. The topological polar surface area (TPSA) is 77.2 Å². The molecule has 0 aliphatic carbocycles. The molecular weight excluding hydrogens is 381 g/mol. The van der Waals surface area contributed by atoms with Crippen LogP contribution < -0.4 is 11.1 Å². The molecule has 8 heteroatoms. The van der Waals surface area contributed by atoms with E-state index in [0.29, 0.717) is 23.4 Å². The average Bonchev–Trinajstić information content (AvgIpc) is 3.02. The second-order valence-electron chi connectivity index (χ2n) is 5.90. The van der Waals surface area contributed by atoms with Crippen LogP contribution in [0.2, 0.25) is 5.02 Å². The van der Waals surface area contributed by atoms with Crippen LogP contribution in [0.3, 0.4) is 0 Å². The summed E-state index contributed by atoms with van der Waals surface area (Å²) in [6, 6.07) is 7.20. The lowest BCUT2D eigenvalue weighted by atomic mass is 9.92. The van der Waals surface area contributed by atoms with Gasteiger partial charge in [0.15, 0.2) is 5.13 Å². The lowest BCUT2D eigenvalue weighted by Crippen LogP contribution is -2.43. The minimum Gasteiger partial charge on any atom is -0.381 e. The molecule has 0 spiro atoms. The van der Waals surface area contributed by atoms with Crippen molar-refractivity contribution in [1.29, 1.82) is 0 Å². The van der Waals surface area contributed by atoms with Gasteiger partial charge in [-0.1, -0.05) is 23.7 Å². The summed E-state index contributed by atoms with van der Waals surface area (Å²) < 4.78 is 5.31. The summed E-state index contributed by atoms with van der Waals surface area (Å²) in [5.74, 6) is -0.00445. The molecule has 1 aromatic carbocycles. The van der Waals surface area contributed by atoms with Gasteiger partial charge in [-0.3, -0.25) is 4.79 Å². The Morgan fingerprint density at radius 3 is 2.92 bits per heavy atom. The predicted molar refractivity (Wildman–Crippen MR) is 104 cm³/mol. The van der Waals surface area contributed by atoms with Gasteiger partial charge in [0.25, 0.3) is 0 Å². The quantitative estimate of drug-likeness (QED) is 0.803. The number of hydrogen-bond acceptors (Lipinski definition) is 5. The molecule has 1 aromatic heterocycles. The highest BCUT2D eigenvalue weighted by atomic mass is 35.5. The number of hydrogen-bond donors (Lipinski definition) is 2. The molecule has 2 aromatic rings. The predicted octanol–water partition coefficient (Wildman–Crippen LogP) is 3.50. The Bertz CT molecular complexity index is 705. The first kappa shape index (κ1) is 20.1. The van der Waals surface area contributed by atoms with E-state index >= 15 is 0 Å². The minimum absolute atomic E-state index is 0. The highest BCUT2D eigenvalue weighted by Crippen LogP contribution is 2.24. The molecule has 1 unspecified atom stereocenters. The Morgan fingerprint density at radius 1 is 1.44 bits per heavy atom. The van der Waals surface area contributed by atoms with Crippen molar-refractivity contribution in [2.24, 2.45) is 11.7 Å². The molecular formula is C17H21Cl2N3O2S. The van der Waals surface area contributed by atoms with Crippen LogP contribution in [0.4, 0.5) is 5.13 Å². The maximum Gasteiger partial charge on any atom is 0.243 e. The van der Waals surface area contributed by atoms with E-state index in [2.05, 4.69) is 10.3 Å². The van der Waals surface area contributed by atoms with Crippen LogP contribution in [0.1, 0.15) is 23.3 Å². The number of nitrogens with two attached hydrogens (primary N) is 1. The van der Waals surface area contributed by atoms with E-state index < -0.39 is 6.04 Å². The molecule has 3 rings (SSSR count). The summed E-state index contributed by atoms with van der Waals surface area (Å²) >= 11 is 7.46. The Labute approximate surface area is 162 Å². The Balaban J connectivity index is 0.00000225. The minimum atomic E-state index is -0.519. The number of nitrogens with one attached hydrogen (secondary N) is 1. The van der Waals surface area contributed by atoms with Gasteiger partial charge in [0.05, 0.1) is 6.04 Å². The van der Waals surface area contributed by atoms with E-state index in [-0.39, 0.29) is 24.2 Å². The number of carbonyl (C=O) groups excluding carboxylic acids is 1. The lowest BCUT2D eigenvalue weighted by molar-refractivity contribution is -0.119. The van der Waals surface area contributed by atoms with Crippen molar-refractivity contribution in [2.75, 3.05) is 18.5 Å². The van der Waals surface area contributed by atoms with Crippen LogP contribution in [-0.2, 0) is 16.0 Å². The fourth-order valence-corrected chi connectivity index (χ4v) is 3.84. The summed E-state index contributed by atoms with van der Waals surface area (Å²) in [4.78, 5) is 17.6. The van der Waals surface area contributed by atoms with Crippen LogP contribution in [0, 0.1) is 5.92 Å². The third-order valence-corrected chi connectivity index (χ3v) is 5.28. The molecule has 1 fully saturated rings. The monoisotopic (exact) mass is 401 g/mol. The standard InChI is InChI=1S/C17H20ClN3O2S.ClH/c18-13-3-1-2-11(8-13)9-14-10-20-17(24-14)21-16(22)15(19)12-4-6-23-7-5-12;/h1-3,8,10,12,15H,4-7,9,19H2,(H,20,21,22);1H. The number of halogens is 2. The zero-order valence-electron chi connectivity index (χ0n) is 13.6. The van der Waals surface area contributed by atoms with E-state index in [0.717, 1.165) is 29.7 Å². The molecule has 1 atom stereocenters. The third-order valence-electron chi connectivity index (χ3n) is 4.13. The van der Waals surface area contributed by atoms with Gasteiger partial charge in [-0.2, -0.15) is 0 Å². The molecule has 0 saturated carbocycles. The van der Waals surface area contributed by atoms with Crippen molar-refractivity contribution in [3.05, 3.63) is 45.9 Å². The van der Waals surface area contributed by atoms with Gasteiger partial charge in [-0.25, -0.2) is 4.98 Å². The molecule has 0 bridgehead atoms. The number of benzene rings is 1. The average molecular weight is 402 g/mol. The molecule has 5 nitrogen and oxygen atoms in total. The van der Waals surface area contributed by atoms with Crippen LogP contribution >= 0.6 is 35.3 Å². The van der Waals surface area contributed by atoms with Crippen LogP contribution in [-0.4, -0.2) is 30.1 Å². The molecule has 1 saturated heterocycles. The zero-order chi connectivity index (χ0) is 16.9. The van der Waals surface area contributed by atoms with Crippen LogP contribution in [0.5, 0.6) is 0 Å². The number of rotatable bonds is 5. The van der Waals surface area contributed by atoms with Gasteiger partial charge in [0.1, 0.15) is 0 Å². The number of carbonyl (C=O) groups is 1. The number of amides is 1. The molecule has 1 aliphatic heterocycles. The molecule has 3 N–H and O–H groups in total. The Hall–Kier alpha value is -1.18. The second kappa shape index (κ2) is 9.50. The lowest BCUT2D eigenvalue weighted by Gasteiger charge is -2.26. The van der Waals surface area contributed by atoms with E-state index in [1.165, 1.54) is 11.3 Å². The van der Waals surface area contributed by atoms with Crippen molar-refractivity contribution < 1.29 is 9.53 Å². The van der Waals surface area contributed by atoms with E-state index in [9.17, 15) is 4.79 Å². The van der Waals surface area contributed by atoms with Gasteiger partial charge in [-0.15, -0.1) is 23.7 Å². The first-order valence-electron chi connectivity index (χ1n) is 7.95. The zero-order valence-corrected chi connectivity index (χ0v) is 16.0. The Kier molecular flexibility index (Phi) is 7.65. The largest absolute Gasteiger partial charge is 0.381 e. The van der Waals surface area contributed by atoms with Gasteiger partial charge >= 0.3 is 0 Å². The molecule has 1 aliphatic rings. The Morgan fingerprint density at radius 2 is 2.20 bits per heavy atom. The smallest absolute Gasteiger partial charge is 0.243 e. The van der Waals surface area contributed by atoms with Crippen molar-refractivity contribution in [2.45, 2.75) is 25.3 Å². The second-order valence-corrected chi connectivity index (χ2v) is 7.45. The van der Waals surface area contributed by atoms with Crippen molar-refractivity contribution in [1.82, 2.24) is 4.98 Å². The number of ether oxygens (including phenoxy) is 1. The van der Waals surface area contributed by atoms with E-state index in [1.54, 1.807) is 6.20 Å². The van der Waals surface area contributed by atoms with Crippen molar-refractivity contribution in [3.63, 3.8) is 0 Å². The molecule has 25 heavy (non-hydrogen) atoms. The van der Waals surface area contributed by atoms with Gasteiger partial charge in [-0.05, 0) is 36.5 Å². The summed E-state index contributed by atoms with van der Waals surface area (Å²) in [7, 11) is 0. The van der Waals surface area contributed by atoms with Gasteiger partial charge in [0.2, 0.25) is 5.91 Å². The first-order valence-corrected chi connectivity index (χ1v) is 9.14. The van der Waals surface area contributed by atoms with E-state index in [4.69, 9.17) is 22.1 Å². The maximum absolute atomic E-state index is 12.3. The van der Waals surface area contributed by atoms with Crippen molar-refractivity contribution in [3.8, 4) is 0 Å². The number of anilines is 1. The molecule has 2 heterocycles. The van der Waals surface area contributed by atoms with Crippen molar-refractivity contribution >= 4 is 46.4 Å². The van der Waals surface area contributed by atoms with Crippen LogP contribution in [0.15, 0.2) is 30.5 Å². The summed E-state index contributed by atoms with van der Waals surface area (Å²) in [6.07, 6.45) is 4.17. The fourth-order valence-electron chi connectivity index (χ4n) is 2.77. The number of nitrogens with zero attached hydrogens (tertiary/aromatic N) is 1. The number of aromatic nitrogens is 1. The molecule has 136 valence electrons. The third kappa shape index (κ3) is 5.66. The molecule has 1 amide bonds. The van der Waals surface area contributed by atoms with Gasteiger partial charge < -0.3 is 15.8 Å². The first-order chi connectivity index (χ1) is 11.6. The summed E-state index contributed by atoms with van der Waals surface area (Å²) in [5, 5.41) is 4.13. The maximum atomic E-state index is 12.3. The number of thiazole rings is 1. The summed E-state index contributed by atoms with van der Waals surface area (Å²) in [5.41, 5.74) is 7.20. The van der Waals surface area contributed by atoms with E-state index in [1.807, 2.05) is 24.3 Å². The highest BCUT2D eigenvalue weighted by Gasteiger charge is 2.27. The normalized spacial score (nSPS) is 16.1. The summed E-state index contributed by atoms with van der Waals surface area (Å²) in [6.45, 7) is 1.35. The van der Waals surface area contributed by atoms with Gasteiger partial charge in [0, 0.05) is 35.7 Å². The highest BCUT2D eigenvalue weighted by molar-refractivity contribution is 7.15.